The van der Waals surface area contributed by atoms with Gasteiger partial charge in [-0.2, -0.15) is 0 Å². The molecule has 110 valence electrons. The van der Waals surface area contributed by atoms with Gasteiger partial charge >= 0.3 is 5.97 Å². The van der Waals surface area contributed by atoms with Crippen molar-refractivity contribution in [3.05, 3.63) is 0 Å². The molecule has 1 spiro atoms. The number of carboxylic acid groups (broad SMARTS) is 1. The van der Waals surface area contributed by atoms with Crippen molar-refractivity contribution >= 4 is 5.97 Å². The van der Waals surface area contributed by atoms with Crippen molar-refractivity contribution in [2.75, 3.05) is 0 Å². The van der Waals surface area contributed by atoms with E-state index in [1.165, 1.54) is 32.1 Å². The fraction of sp³-hybridized carbons (Fsp3) is 0.938. The zero-order valence-electron chi connectivity index (χ0n) is 12.6. The third-order valence-corrected chi connectivity index (χ3v) is 4.95. The van der Waals surface area contributed by atoms with Crippen LogP contribution in [0.5, 0.6) is 0 Å². The number of hydrogen-bond acceptors (Lipinski definition) is 2. The molecule has 2 atom stereocenters. The van der Waals surface area contributed by atoms with E-state index in [9.17, 15) is 9.90 Å². The Morgan fingerprint density at radius 3 is 2.42 bits per heavy atom. The Bertz CT molecular complexity index is 323. The van der Waals surface area contributed by atoms with Crippen LogP contribution in [0.2, 0.25) is 0 Å². The molecule has 2 rings (SSSR count). The molecule has 1 N–H and O–H groups in total. The molecule has 3 nitrogen and oxygen atoms in total. The first-order valence-electron chi connectivity index (χ1n) is 7.73. The lowest BCUT2D eigenvalue weighted by atomic mass is 9.77. The van der Waals surface area contributed by atoms with Crippen molar-refractivity contribution in [3.63, 3.8) is 0 Å². The van der Waals surface area contributed by atoms with Gasteiger partial charge in [0.1, 0.15) is 0 Å². The minimum atomic E-state index is -0.680. The van der Waals surface area contributed by atoms with E-state index in [4.69, 9.17) is 4.74 Å². The maximum Gasteiger partial charge on any atom is 0.307 e. The fourth-order valence-corrected chi connectivity index (χ4v) is 3.71. The second-order valence-corrected chi connectivity index (χ2v) is 7.51. The van der Waals surface area contributed by atoms with Gasteiger partial charge in [-0.05, 0) is 37.5 Å². The lowest BCUT2D eigenvalue weighted by Gasteiger charge is -2.34. The predicted octanol–water partition coefficient (Wildman–Crippen LogP) is 4.01. The Kier molecular flexibility index (Phi) is 4.24. The van der Waals surface area contributed by atoms with Crippen molar-refractivity contribution in [2.45, 2.75) is 83.8 Å². The van der Waals surface area contributed by atoms with Crippen molar-refractivity contribution in [1.82, 2.24) is 0 Å². The van der Waals surface area contributed by atoms with Crippen molar-refractivity contribution in [2.24, 2.45) is 11.3 Å². The van der Waals surface area contributed by atoms with Gasteiger partial charge in [-0.15, -0.1) is 0 Å². The van der Waals surface area contributed by atoms with E-state index in [1.54, 1.807) is 0 Å². The molecule has 2 aliphatic rings. The van der Waals surface area contributed by atoms with Gasteiger partial charge in [0.2, 0.25) is 0 Å². The molecule has 1 saturated heterocycles. The number of carbonyl (C=O) groups is 1. The van der Waals surface area contributed by atoms with Gasteiger partial charge in [-0.3, -0.25) is 4.79 Å². The Labute approximate surface area is 116 Å². The number of hydrogen-bond donors (Lipinski definition) is 1. The molecule has 1 aliphatic heterocycles. The van der Waals surface area contributed by atoms with E-state index in [0.717, 1.165) is 12.8 Å². The zero-order valence-corrected chi connectivity index (χ0v) is 12.6. The van der Waals surface area contributed by atoms with Crippen LogP contribution in [0.15, 0.2) is 0 Å². The summed E-state index contributed by atoms with van der Waals surface area (Å²) in [5.41, 5.74) is -0.0959. The van der Waals surface area contributed by atoms with Gasteiger partial charge in [-0.25, -0.2) is 0 Å². The average molecular weight is 268 g/mol. The van der Waals surface area contributed by atoms with E-state index in [1.807, 2.05) is 20.8 Å². The SMILES string of the molecule is CC(C)(C)C(CC1CCC2(CCCCC2)O1)C(=O)O. The Morgan fingerprint density at radius 1 is 1.26 bits per heavy atom. The first kappa shape index (κ1) is 14.8. The van der Waals surface area contributed by atoms with Gasteiger partial charge < -0.3 is 9.84 Å². The van der Waals surface area contributed by atoms with Crippen molar-refractivity contribution in [1.29, 1.82) is 0 Å². The largest absolute Gasteiger partial charge is 0.481 e. The number of carboxylic acids is 1. The van der Waals surface area contributed by atoms with Gasteiger partial charge in [0, 0.05) is 0 Å². The summed E-state index contributed by atoms with van der Waals surface area (Å²) in [6.07, 6.45) is 9.22. The third kappa shape index (κ3) is 3.50. The Balaban J connectivity index is 1.95. The Morgan fingerprint density at radius 2 is 1.89 bits per heavy atom. The highest BCUT2D eigenvalue weighted by Gasteiger charge is 2.43. The quantitative estimate of drug-likeness (QED) is 0.841. The topological polar surface area (TPSA) is 46.5 Å². The molecule has 19 heavy (non-hydrogen) atoms. The normalized spacial score (nSPS) is 28.5. The number of aliphatic carboxylic acids is 1. The first-order chi connectivity index (χ1) is 8.82. The molecule has 0 radical (unpaired) electrons. The maximum absolute atomic E-state index is 11.4. The second-order valence-electron chi connectivity index (χ2n) is 7.51. The summed E-state index contributed by atoms with van der Waals surface area (Å²) in [6.45, 7) is 6.03. The molecule has 1 saturated carbocycles. The van der Waals surface area contributed by atoms with Crippen LogP contribution in [-0.4, -0.2) is 22.8 Å². The summed E-state index contributed by atoms with van der Waals surface area (Å²) in [5, 5.41) is 9.42. The Hall–Kier alpha value is -0.570. The van der Waals surface area contributed by atoms with Crippen LogP contribution in [-0.2, 0) is 9.53 Å². The van der Waals surface area contributed by atoms with Crippen LogP contribution in [0.1, 0.15) is 72.1 Å². The van der Waals surface area contributed by atoms with Crippen molar-refractivity contribution < 1.29 is 14.6 Å². The average Bonchev–Trinajstić information content (AvgIpc) is 2.68. The summed E-state index contributed by atoms with van der Waals surface area (Å²) in [4.78, 5) is 11.4. The summed E-state index contributed by atoms with van der Waals surface area (Å²) in [5.74, 6) is -0.989. The monoisotopic (exact) mass is 268 g/mol. The van der Waals surface area contributed by atoms with Crippen LogP contribution < -0.4 is 0 Å². The van der Waals surface area contributed by atoms with E-state index in [0.29, 0.717) is 6.42 Å². The summed E-state index contributed by atoms with van der Waals surface area (Å²) >= 11 is 0. The van der Waals surface area contributed by atoms with Crippen LogP contribution in [0, 0.1) is 11.3 Å². The van der Waals surface area contributed by atoms with Gasteiger partial charge in [0.25, 0.3) is 0 Å². The molecule has 3 heteroatoms. The van der Waals surface area contributed by atoms with Crippen LogP contribution in [0.3, 0.4) is 0 Å². The molecule has 0 aromatic carbocycles. The standard InChI is InChI=1S/C16H28O3/c1-15(2,3)13(14(17)18)11-12-7-10-16(19-12)8-5-4-6-9-16/h12-13H,4-11H2,1-3H3,(H,17,18). The number of ether oxygens (including phenoxy) is 1. The molecule has 0 aromatic heterocycles. The smallest absolute Gasteiger partial charge is 0.307 e. The van der Waals surface area contributed by atoms with Gasteiger partial charge in [-0.1, -0.05) is 40.0 Å². The molecule has 0 aromatic rings. The minimum Gasteiger partial charge on any atom is -0.481 e. The molecular formula is C16H28O3. The molecular weight excluding hydrogens is 240 g/mol. The summed E-state index contributed by atoms with van der Waals surface area (Å²) in [7, 11) is 0. The minimum absolute atomic E-state index is 0.101. The van der Waals surface area contributed by atoms with Crippen LogP contribution >= 0.6 is 0 Å². The highest BCUT2D eigenvalue weighted by atomic mass is 16.5. The molecule has 0 amide bonds. The molecule has 1 aliphatic carbocycles. The molecule has 2 fully saturated rings. The van der Waals surface area contributed by atoms with Gasteiger partial charge in [0.15, 0.2) is 0 Å². The number of rotatable bonds is 3. The van der Waals surface area contributed by atoms with E-state index < -0.39 is 5.97 Å². The zero-order chi connectivity index (χ0) is 14.1. The fourth-order valence-electron chi connectivity index (χ4n) is 3.71. The molecule has 2 unspecified atom stereocenters. The van der Waals surface area contributed by atoms with E-state index >= 15 is 0 Å². The van der Waals surface area contributed by atoms with Crippen LogP contribution in [0.25, 0.3) is 0 Å². The predicted molar refractivity (Wildman–Crippen MR) is 75.1 cm³/mol. The van der Waals surface area contributed by atoms with E-state index in [-0.39, 0.29) is 23.0 Å². The van der Waals surface area contributed by atoms with Gasteiger partial charge in [0.05, 0.1) is 17.6 Å². The summed E-state index contributed by atoms with van der Waals surface area (Å²) in [6, 6.07) is 0. The molecule has 1 heterocycles. The lowest BCUT2D eigenvalue weighted by molar-refractivity contribution is -0.148. The second kappa shape index (κ2) is 5.43. The third-order valence-electron chi connectivity index (χ3n) is 4.95. The van der Waals surface area contributed by atoms with Crippen LogP contribution in [0.4, 0.5) is 0 Å². The lowest BCUT2D eigenvalue weighted by Crippen LogP contribution is -2.35. The highest BCUT2D eigenvalue weighted by molar-refractivity contribution is 5.70. The van der Waals surface area contributed by atoms with E-state index in [2.05, 4.69) is 0 Å². The summed E-state index contributed by atoms with van der Waals surface area (Å²) < 4.78 is 6.30. The van der Waals surface area contributed by atoms with Crippen molar-refractivity contribution in [3.8, 4) is 0 Å². The highest BCUT2D eigenvalue weighted by Crippen LogP contribution is 2.44. The maximum atomic E-state index is 11.4. The molecule has 0 bridgehead atoms. The first-order valence-corrected chi connectivity index (χ1v) is 7.73.